The van der Waals surface area contributed by atoms with E-state index in [1.54, 1.807) is 35.3 Å². The van der Waals surface area contributed by atoms with Gasteiger partial charge in [-0.05, 0) is 30.5 Å². The molecule has 1 aromatic carbocycles. The molecule has 1 N–H and O–H groups in total. The first-order chi connectivity index (χ1) is 21.1. The lowest BCUT2D eigenvalue weighted by Gasteiger charge is -2.35. The number of fused-ring (bicyclic) bond motifs is 2. The number of hydrogen-bond donors (Lipinski definition) is 1. The van der Waals surface area contributed by atoms with Crippen LogP contribution in [0.5, 0.6) is 0 Å². The molecule has 7 rings (SSSR count). The molecule has 1 amide bonds. The Balaban J connectivity index is 0.000000167. The van der Waals surface area contributed by atoms with Gasteiger partial charge in [0.15, 0.2) is 0 Å². The number of carbonyl (C=O) groups excluding carboxylic acids is 1. The van der Waals surface area contributed by atoms with Crippen LogP contribution in [0.2, 0.25) is 0 Å². The summed E-state index contributed by atoms with van der Waals surface area (Å²) in [5.74, 6) is 2.31. The molecule has 0 atom stereocenters. The van der Waals surface area contributed by atoms with Gasteiger partial charge in [-0.1, -0.05) is 44.2 Å². The summed E-state index contributed by atoms with van der Waals surface area (Å²) in [7, 11) is 0. The number of benzene rings is 1. The van der Waals surface area contributed by atoms with Gasteiger partial charge in [0.2, 0.25) is 5.91 Å². The summed E-state index contributed by atoms with van der Waals surface area (Å²) in [6, 6.07) is 14.4. The highest BCUT2D eigenvalue weighted by Gasteiger charge is 2.24. The Morgan fingerprint density at radius 3 is 1.81 bits per heavy atom. The highest BCUT2D eigenvalue weighted by atomic mass is 32.1. The minimum atomic E-state index is 0.201. The van der Waals surface area contributed by atoms with Crippen LogP contribution in [0.15, 0.2) is 55.1 Å². The van der Waals surface area contributed by atoms with Crippen LogP contribution < -0.4 is 15.1 Å². The van der Waals surface area contributed by atoms with Crippen molar-refractivity contribution < 1.29 is 4.79 Å². The van der Waals surface area contributed by atoms with E-state index in [1.807, 2.05) is 35.2 Å². The predicted molar refractivity (Wildman–Crippen MR) is 178 cm³/mol. The van der Waals surface area contributed by atoms with E-state index in [1.165, 1.54) is 15.1 Å². The molecule has 4 aromatic heterocycles. The molecule has 0 radical (unpaired) electrons. The smallest absolute Gasteiger partial charge is 0.227 e. The van der Waals surface area contributed by atoms with Gasteiger partial charge in [0.25, 0.3) is 0 Å². The topological polar surface area (TPSA) is 90.4 Å². The van der Waals surface area contributed by atoms with Gasteiger partial charge >= 0.3 is 0 Å². The molecule has 2 aliphatic rings. The number of nitrogens with one attached hydrogen (secondary N) is 1. The van der Waals surface area contributed by atoms with E-state index in [2.05, 4.69) is 61.0 Å². The zero-order valence-electron chi connectivity index (χ0n) is 24.8. The Labute approximate surface area is 260 Å². The van der Waals surface area contributed by atoms with Crippen LogP contribution >= 0.6 is 22.7 Å². The molecule has 6 heterocycles. The number of hydrogen-bond acceptors (Lipinski definition) is 10. The van der Waals surface area contributed by atoms with Gasteiger partial charge in [-0.25, -0.2) is 19.9 Å². The lowest BCUT2D eigenvalue weighted by atomic mass is 10.1. The number of piperazine rings is 2. The lowest BCUT2D eigenvalue weighted by molar-refractivity contribution is -0.130. The van der Waals surface area contributed by atoms with E-state index in [0.717, 1.165) is 97.4 Å². The van der Waals surface area contributed by atoms with Gasteiger partial charge in [0.05, 0.1) is 17.2 Å². The molecule has 9 nitrogen and oxygen atoms in total. The molecule has 5 aromatic rings. The Morgan fingerprint density at radius 2 is 1.28 bits per heavy atom. The van der Waals surface area contributed by atoms with Gasteiger partial charge in [-0.3, -0.25) is 4.79 Å². The second-order valence-electron chi connectivity index (χ2n) is 10.7. The minimum absolute atomic E-state index is 0.201. The molecule has 2 fully saturated rings. The van der Waals surface area contributed by atoms with E-state index in [4.69, 9.17) is 0 Å². The molecule has 0 saturated carbocycles. The third-order valence-corrected chi connectivity index (χ3v) is 10.3. The van der Waals surface area contributed by atoms with Crippen LogP contribution in [0.25, 0.3) is 20.4 Å². The largest absolute Gasteiger partial charge is 0.353 e. The first kappa shape index (κ1) is 29.4. The normalized spacial score (nSPS) is 15.5. The van der Waals surface area contributed by atoms with Gasteiger partial charge < -0.3 is 20.0 Å². The van der Waals surface area contributed by atoms with Gasteiger partial charge in [0.1, 0.15) is 34.0 Å². The average molecular weight is 615 g/mol. The number of anilines is 2. The second kappa shape index (κ2) is 13.7. The molecular weight excluding hydrogens is 577 g/mol. The summed E-state index contributed by atoms with van der Waals surface area (Å²) >= 11 is 3.52. The Morgan fingerprint density at radius 1 is 0.744 bits per heavy atom. The number of nitrogens with zero attached hydrogens (tertiary/aromatic N) is 7. The number of aromatic nitrogens is 4. The number of amides is 1. The molecule has 2 aliphatic heterocycles. The molecular formula is C32H38N8OS2. The fourth-order valence-corrected chi connectivity index (χ4v) is 7.42. The monoisotopic (exact) mass is 614 g/mol. The predicted octanol–water partition coefficient (Wildman–Crippen LogP) is 4.81. The summed E-state index contributed by atoms with van der Waals surface area (Å²) in [6.07, 6.45) is 5.91. The van der Waals surface area contributed by atoms with E-state index in [9.17, 15) is 4.79 Å². The van der Waals surface area contributed by atoms with E-state index in [-0.39, 0.29) is 5.91 Å². The van der Waals surface area contributed by atoms with Crippen LogP contribution in [0.3, 0.4) is 0 Å². The van der Waals surface area contributed by atoms with Gasteiger partial charge in [0, 0.05) is 62.1 Å². The summed E-state index contributed by atoms with van der Waals surface area (Å²) in [4.78, 5) is 41.8. The summed E-state index contributed by atoms with van der Waals surface area (Å²) in [6.45, 7) is 11.6. The fourth-order valence-electron chi connectivity index (χ4n) is 5.56. The van der Waals surface area contributed by atoms with Crippen molar-refractivity contribution in [3.8, 4) is 0 Å². The maximum Gasteiger partial charge on any atom is 0.227 e. The third kappa shape index (κ3) is 6.79. The van der Waals surface area contributed by atoms with Crippen molar-refractivity contribution in [3.63, 3.8) is 0 Å². The number of aryl methyl sites for hydroxylation is 2. The maximum atomic E-state index is 12.5. The third-order valence-electron chi connectivity index (χ3n) is 7.96. The zero-order valence-corrected chi connectivity index (χ0v) is 26.5. The summed E-state index contributed by atoms with van der Waals surface area (Å²) in [5, 5.41) is 5.72. The summed E-state index contributed by atoms with van der Waals surface area (Å²) in [5.41, 5.74) is 1.07. The van der Waals surface area contributed by atoms with Crippen LogP contribution in [-0.2, 0) is 24.1 Å². The Bertz CT molecular complexity index is 1660. The molecule has 224 valence electrons. The molecule has 0 aliphatic carbocycles. The quantitative estimate of drug-likeness (QED) is 0.292. The highest BCUT2D eigenvalue weighted by molar-refractivity contribution is 7.19. The van der Waals surface area contributed by atoms with Crippen LogP contribution in [-0.4, -0.2) is 83.1 Å². The molecule has 0 bridgehead atoms. The summed E-state index contributed by atoms with van der Waals surface area (Å²) < 4.78 is 0. The average Bonchev–Trinajstić information content (AvgIpc) is 3.70. The van der Waals surface area contributed by atoms with Crippen LogP contribution in [0.4, 0.5) is 11.6 Å². The fraction of sp³-hybridized carbons (Fsp3) is 0.406. The minimum Gasteiger partial charge on any atom is -0.353 e. The van der Waals surface area contributed by atoms with Crippen LogP contribution in [0.1, 0.15) is 29.2 Å². The van der Waals surface area contributed by atoms with Crippen molar-refractivity contribution in [2.45, 2.75) is 33.1 Å². The van der Waals surface area contributed by atoms with Crippen molar-refractivity contribution in [2.75, 3.05) is 62.2 Å². The molecule has 0 spiro atoms. The van der Waals surface area contributed by atoms with Gasteiger partial charge in [-0.2, -0.15) is 0 Å². The number of thiophene rings is 2. The Hall–Kier alpha value is -3.67. The van der Waals surface area contributed by atoms with Crippen molar-refractivity contribution in [1.82, 2.24) is 30.2 Å². The van der Waals surface area contributed by atoms with E-state index >= 15 is 0 Å². The van der Waals surface area contributed by atoms with Crippen molar-refractivity contribution >= 4 is 60.6 Å². The first-order valence-corrected chi connectivity index (χ1v) is 16.7. The molecule has 2 saturated heterocycles. The standard InChI is InChI=1S/C20H22N4OS.C12H16N4S/c1-2-16-13-17-19(21-14-22-20(17)26-16)24-10-8-23(9-11-24)18(25)12-15-6-4-3-5-7-15;1-2-9-7-10-11(14-8-15-12(10)17-9)16-5-3-13-4-6-16/h3-7,13-14H,2,8-12H2,1H3;7-8,13H,2-6H2,1H3. The lowest BCUT2D eigenvalue weighted by Crippen LogP contribution is -2.49. The molecule has 0 unspecified atom stereocenters. The first-order valence-electron chi connectivity index (χ1n) is 15.1. The van der Waals surface area contributed by atoms with Gasteiger partial charge in [-0.15, -0.1) is 22.7 Å². The highest BCUT2D eigenvalue weighted by Crippen LogP contribution is 2.32. The van der Waals surface area contributed by atoms with E-state index < -0.39 is 0 Å². The number of rotatable bonds is 6. The van der Waals surface area contributed by atoms with E-state index in [0.29, 0.717) is 6.42 Å². The second-order valence-corrected chi connectivity index (χ2v) is 13.0. The maximum absolute atomic E-state index is 12.5. The molecule has 43 heavy (non-hydrogen) atoms. The molecule has 11 heteroatoms. The van der Waals surface area contributed by atoms with Crippen molar-refractivity contribution in [1.29, 1.82) is 0 Å². The van der Waals surface area contributed by atoms with Crippen molar-refractivity contribution in [3.05, 3.63) is 70.4 Å². The number of carbonyl (C=O) groups is 1. The SMILES string of the molecule is CCc1cc2c(N3CCN(C(=O)Cc4ccccc4)CC3)ncnc2s1.CCc1cc2c(N3CCNCC3)ncnc2s1. The van der Waals surface area contributed by atoms with Crippen LogP contribution in [0, 0.1) is 0 Å². The Kier molecular flexibility index (Phi) is 9.40. The van der Waals surface area contributed by atoms with Crippen molar-refractivity contribution in [2.24, 2.45) is 0 Å². The zero-order chi connectivity index (χ0) is 29.6.